The van der Waals surface area contributed by atoms with Crippen molar-refractivity contribution in [3.05, 3.63) is 71.8 Å². The summed E-state index contributed by atoms with van der Waals surface area (Å²) in [4.78, 5) is 26.6. The van der Waals surface area contributed by atoms with Gasteiger partial charge in [-0.3, -0.25) is 0 Å². The van der Waals surface area contributed by atoms with Gasteiger partial charge < -0.3 is 23.7 Å². The predicted octanol–water partition coefficient (Wildman–Crippen LogP) is 3.52. The van der Waals surface area contributed by atoms with Gasteiger partial charge in [0.2, 0.25) is 0 Å². The summed E-state index contributed by atoms with van der Waals surface area (Å²) >= 11 is 0. The van der Waals surface area contributed by atoms with Crippen LogP contribution in [0.25, 0.3) is 0 Å². The van der Waals surface area contributed by atoms with Crippen LogP contribution in [0.5, 0.6) is 0 Å². The molecule has 6 atom stereocenters. The second kappa shape index (κ2) is 10.4. The van der Waals surface area contributed by atoms with E-state index in [2.05, 4.69) is 0 Å². The molecule has 1 aliphatic carbocycles. The number of methoxy groups -OCH3 is 1. The lowest BCUT2D eigenvalue weighted by Gasteiger charge is -2.36. The van der Waals surface area contributed by atoms with Crippen molar-refractivity contribution in [1.82, 2.24) is 10.0 Å². The molecule has 1 saturated carbocycles. The third-order valence-electron chi connectivity index (χ3n) is 7.22. The fourth-order valence-corrected chi connectivity index (χ4v) is 5.88. The van der Waals surface area contributed by atoms with E-state index in [4.69, 9.17) is 23.7 Å². The van der Waals surface area contributed by atoms with Crippen LogP contribution >= 0.6 is 0 Å². The Morgan fingerprint density at radius 3 is 2.19 bits per heavy atom. The molecule has 2 aliphatic heterocycles. The molecule has 0 bridgehead atoms. The molecular formula is C28H34N2O7. The molecule has 0 N–H and O–H groups in total. The fourth-order valence-electron chi connectivity index (χ4n) is 5.88. The SMILES string of the molecule is CCOC(=O)N1[C@@H](C(=O)OC)[C@H]2[C@@H]3OC(C)(C)O[C@@H]3[C@H](OCc3ccccc3)[C@H]2N1Cc1ccccc1. The average Bonchev–Trinajstić information content (AvgIpc) is 3.48. The fraction of sp³-hybridized carbons (Fsp3) is 0.500. The van der Waals surface area contributed by atoms with Gasteiger partial charge in [-0.15, -0.1) is 0 Å². The normalized spacial score (nSPS) is 30.1. The minimum atomic E-state index is -0.951. The topological polar surface area (TPSA) is 86.8 Å². The van der Waals surface area contributed by atoms with Crippen LogP contribution in [0.4, 0.5) is 4.79 Å². The molecule has 0 spiro atoms. The first-order valence-electron chi connectivity index (χ1n) is 12.7. The summed E-state index contributed by atoms with van der Waals surface area (Å²) in [6.45, 7) is 6.32. The molecule has 2 saturated heterocycles. The van der Waals surface area contributed by atoms with Crippen molar-refractivity contribution in [2.24, 2.45) is 5.92 Å². The Morgan fingerprint density at radius 2 is 1.57 bits per heavy atom. The van der Waals surface area contributed by atoms with E-state index in [9.17, 15) is 9.59 Å². The lowest BCUT2D eigenvalue weighted by molar-refractivity contribution is -0.182. The number of esters is 1. The second-order valence-electron chi connectivity index (χ2n) is 9.99. The highest BCUT2D eigenvalue weighted by atomic mass is 16.8. The average molecular weight is 511 g/mol. The van der Waals surface area contributed by atoms with E-state index < -0.39 is 54.2 Å². The second-order valence-corrected chi connectivity index (χ2v) is 9.99. The van der Waals surface area contributed by atoms with Crippen LogP contribution in [0.2, 0.25) is 0 Å². The van der Waals surface area contributed by atoms with Crippen molar-refractivity contribution in [3.8, 4) is 0 Å². The zero-order valence-corrected chi connectivity index (χ0v) is 21.6. The maximum Gasteiger partial charge on any atom is 0.425 e. The Kier molecular flexibility index (Phi) is 7.22. The monoisotopic (exact) mass is 510 g/mol. The van der Waals surface area contributed by atoms with Crippen molar-refractivity contribution in [2.45, 2.75) is 70.1 Å². The third kappa shape index (κ3) is 4.84. The van der Waals surface area contributed by atoms with Crippen molar-refractivity contribution in [1.29, 1.82) is 0 Å². The van der Waals surface area contributed by atoms with Gasteiger partial charge in [0.1, 0.15) is 12.2 Å². The number of hydrogen-bond donors (Lipinski definition) is 0. The highest BCUT2D eigenvalue weighted by molar-refractivity contribution is 5.82. The molecule has 3 aliphatic rings. The smallest absolute Gasteiger partial charge is 0.425 e. The van der Waals surface area contributed by atoms with E-state index in [0.717, 1.165) is 11.1 Å². The lowest BCUT2D eigenvalue weighted by Crippen LogP contribution is -2.54. The van der Waals surface area contributed by atoms with Gasteiger partial charge in [0.25, 0.3) is 0 Å². The number of benzene rings is 2. The summed E-state index contributed by atoms with van der Waals surface area (Å²) in [5.74, 6) is -1.85. The van der Waals surface area contributed by atoms with Crippen LogP contribution in [-0.4, -0.2) is 72.0 Å². The molecule has 198 valence electrons. The summed E-state index contributed by atoms with van der Waals surface area (Å²) in [5.41, 5.74) is 1.99. The minimum absolute atomic E-state index is 0.171. The first-order valence-corrected chi connectivity index (χ1v) is 12.7. The van der Waals surface area contributed by atoms with E-state index in [0.29, 0.717) is 13.2 Å². The maximum atomic E-state index is 13.4. The van der Waals surface area contributed by atoms with Gasteiger partial charge in [0.05, 0.1) is 32.5 Å². The molecule has 3 fully saturated rings. The third-order valence-corrected chi connectivity index (χ3v) is 7.22. The lowest BCUT2D eigenvalue weighted by atomic mass is 9.93. The minimum Gasteiger partial charge on any atom is -0.467 e. The van der Waals surface area contributed by atoms with Gasteiger partial charge in [0.15, 0.2) is 11.8 Å². The summed E-state index contributed by atoms with van der Waals surface area (Å²) in [6.07, 6.45) is -2.00. The van der Waals surface area contributed by atoms with Crippen LogP contribution < -0.4 is 0 Å². The van der Waals surface area contributed by atoms with Gasteiger partial charge >= 0.3 is 12.1 Å². The summed E-state index contributed by atoms with van der Waals surface area (Å²) in [7, 11) is 1.33. The number of nitrogens with zero attached hydrogens (tertiary/aromatic N) is 2. The van der Waals surface area contributed by atoms with Gasteiger partial charge in [-0.25, -0.2) is 19.6 Å². The predicted molar refractivity (Wildman–Crippen MR) is 133 cm³/mol. The Morgan fingerprint density at radius 1 is 0.946 bits per heavy atom. The zero-order chi connectivity index (χ0) is 26.2. The van der Waals surface area contributed by atoms with E-state index in [1.165, 1.54) is 12.1 Å². The Hall–Kier alpha value is -2.98. The summed E-state index contributed by atoms with van der Waals surface area (Å²) < 4.78 is 29.9. The van der Waals surface area contributed by atoms with Gasteiger partial charge in [-0.1, -0.05) is 60.7 Å². The standard InChI is InChI=1S/C28H34N2O7/c1-5-34-27(32)30-22(26(31)33-4)20-21(29(30)16-18-12-8-6-9-13-18)24(25-23(20)36-28(2,3)37-25)35-17-19-14-10-7-11-15-19/h6-15,20-25H,5,16-17H2,1-4H3/t20-,21-,22+,23-,24+,25-/m0/s1. The van der Waals surface area contributed by atoms with Crippen molar-refractivity contribution >= 4 is 12.1 Å². The highest BCUT2D eigenvalue weighted by Crippen LogP contribution is 2.51. The Labute approximate surface area is 217 Å². The van der Waals surface area contributed by atoms with E-state index in [-0.39, 0.29) is 6.61 Å². The molecule has 37 heavy (non-hydrogen) atoms. The Bertz CT molecular complexity index is 1100. The van der Waals surface area contributed by atoms with Crippen LogP contribution in [0.1, 0.15) is 31.9 Å². The van der Waals surface area contributed by atoms with E-state index >= 15 is 0 Å². The van der Waals surface area contributed by atoms with Gasteiger partial charge in [0, 0.05) is 12.5 Å². The van der Waals surface area contributed by atoms with Crippen LogP contribution in [0.3, 0.4) is 0 Å². The number of amides is 1. The molecule has 0 aromatic heterocycles. The van der Waals surface area contributed by atoms with Gasteiger partial charge in [-0.2, -0.15) is 0 Å². The zero-order valence-electron chi connectivity index (χ0n) is 21.6. The largest absolute Gasteiger partial charge is 0.467 e. The van der Waals surface area contributed by atoms with E-state index in [1.807, 2.05) is 79.5 Å². The number of rotatable bonds is 7. The molecule has 9 nitrogen and oxygen atoms in total. The van der Waals surface area contributed by atoms with Crippen molar-refractivity contribution in [2.75, 3.05) is 13.7 Å². The molecule has 2 aromatic carbocycles. The number of carbonyl (C=O) groups excluding carboxylic acids is 2. The molecule has 2 heterocycles. The Balaban J connectivity index is 1.57. The maximum absolute atomic E-state index is 13.4. The van der Waals surface area contributed by atoms with Crippen molar-refractivity contribution < 1.29 is 33.3 Å². The quantitative estimate of drug-likeness (QED) is 0.523. The summed E-state index contributed by atoms with van der Waals surface area (Å²) in [6, 6.07) is 18.3. The first-order chi connectivity index (χ1) is 17.8. The van der Waals surface area contributed by atoms with Crippen LogP contribution in [0, 0.1) is 5.92 Å². The number of hydrogen-bond acceptors (Lipinski definition) is 8. The molecule has 2 aromatic rings. The van der Waals surface area contributed by atoms with Crippen LogP contribution in [-0.2, 0) is 41.6 Å². The molecule has 1 amide bonds. The van der Waals surface area contributed by atoms with Crippen LogP contribution in [0.15, 0.2) is 60.7 Å². The first kappa shape index (κ1) is 25.7. The number of carbonyl (C=O) groups is 2. The van der Waals surface area contributed by atoms with Crippen molar-refractivity contribution in [3.63, 3.8) is 0 Å². The molecular weight excluding hydrogens is 476 g/mol. The van der Waals surface area contributed by atoms with Gasteiger partial charge in [-0.05, 0) is 31.9 Å². The summed E-state index contributed by atoms with van der Waals surface area (Å²) in [5, 5.41) is 3.29. The van der Waals surface area contributed by atoms with E-state index in [1.54, 1.807) is 6.92 Å². The number of hydrazine groups is 1. The molecule has 5 rings (SSSR count). The number of fused-ring (bicyclic) bond motifs is 3. The molecule has 9 heteroatoms. The molecule has 0 radical (unpaired) electrons. The molecule has 0 unspecified atom stereocenters. The highest BCUT2D eigenvalue weighted by Gasteiger charge is 2.70. The number of ether oxygens (including phenoxy) is 5.